The molecule has 13 N–H and O–H groups in total. The Hall–Kier alpha value is -3.99. The summed E-state index contributed by atoms with van der Waals surface area (Å²) in [5.74, 6) is -5.68. The molecule has 0 aliphatic heterocycles. The van der Waals surface area contributed by atoms with Crippen molar-refractivity contribution >= 4 is 41.5 Å². The normalized spacial score (nSPS) is 15.7. The molecule has 0 aromatic rings. The number of aliphatic carboxylic acids is 1. The number of nitrogens with two attached hydrogens (primary N) is 3. The van der Waals surface area contributed by atoms with Gasteiger partial charge in [0.05, 0.1) is 12.6 Å². The van der Waals surface area contributed by atoms with Gasteiger partial charge in [0.1, 0.15) is 30.2 Å². The quantitative estimate of drug-likeness (QED) is 0.0354. The fourth-order valence-corrected chi connectivity index (χ4v) is 4.22. The zero-order valence-corrected chi connectivity index (χ0v) is 28.0. The zero-order chi connectivity index (χ0) is 35.7. The van der Waals surface area contributed by atoms with E-state index in [9.17, 15) is 28.8 Å². The van der Waals surface area contributed by atoms with Gasteiger partial charge in [-0.25, -0.2) is 4.79 Å². The third kappa shape index (κ3) is 15.3. The van der Waals surface area contributed by atoms with E-state index in [0.717, 1.165) is 0 Å². The molecular weight excluding hydrogens is 602 g/mol. The van der Waals surface area contributed by atoms with Gasteiger partial charge in [0.25, 0.3) is 0 Å². The minimum Gasteiger partial charge on any atom is -0.480 e. The largest absolute Gasteiger partial charge is 0.480 e. The standard InChI is InChI=1S/C29H55N9O8/c1-8-16(6)22(27(44)34-17(7)23(40)36-20(13-39)28(45)46)38-26(43)21(15(4)5)37-25(42)19(12-14(2)3)35-24(41)18(30)10-9-11-33-29(31)32/h14-22,39H,8-13,30H2,1-7H3,(H,34,44)(H,35,41)(H,36,40)(H,37,42)(H,38,43)(H,45,46)(H4,31,32,33)/t16-,17-,18-,19-,20-,21-,22-/m0/s1. The smallest absolute Gasteiger partial charge is 0.328 e. The van der Waals surface area contributed by atoms with Crippen LogP contribution in [-0.4, -0.2) is 101 Å². The number of rotatable bonds is 21. The molecule has 46 heavy (non-hydrogen) atoms. The van der Waals surface area contributed by atoms with Gasteiger partial charge in [0.2, 0.25) is 29.5 Å². The lowest BCUT2D eigenvalue weighted by molar-refractivity contribution is -0.143. The fraction of sp³-hybridized carbons (Fsp3) is 0.759. The highest BCUT2D eigenvalue weighted by atomic mass is 16.4. The topological polar surface area (TPSA) is 293 Å². The van der Waals surface area contributed by atoms with Crippen LogP contribution in [0.1, 0.15) is 74.1 Å². The summed E-state index contributed by atoms with van der Waals surface area (Å²) < 4.78 is 0. The van der Waals surface area contributed by atoms with Gasteiger partial charge in [-0.2, -0.15) is 0 Å². The van der Waals surface area contributed by atoms with Crippen LogP contribution in [0, 0.1) is 17.8 Å². The molecule has 0 rings (SSSR count). The van der Waals surface area contributed by atoms with Gasteiger partial charge in [-0.1, -0.05) is 48.0 Å². The van der Waals surface area contributed by atoms with Crippen LogP contribution in [0.5, 0.6) is 0 Å². The number of aliphatic hydroxyl groups is 1. The van der Waals surface area contributed by atoms with Crippen LogP contribution in [0.15, 0.2) is 4.99 Å². The number of carboxylic acids is 1. The van der Waals surface area contributed by atoms with Crippen molar-refractivity contribution in [3.8, 4) is 0 Å². The summed E-state index contributed by atoms with van der Waals surface area (Å²) in [4.78, 5) is 80.3. The van der Waals surface area contributed by atoms with E-state index in [1.165, 1.54) is 6.92 Å². The van der Waals surface area contributed by atoms with Crippen molar-refractivity contribution in [2.45, 2.75) is 110 Å². The molecule has 0 saturated carbocycles. The van der Waals surface area contributed by atoms with Crippen molar-refractivity contribution in [2.24, 2.45) is 39.9 Å². The van der Waals surface area contributed by atoms with Crippen LogP contribution in [0.2, 0.25) is 0 Å². The summed E-state index contributed by atoms with van der Waals surface area (Å²) in [7, 11) is 0. The molecule has 0 bridgehead atoms. The first-order chi connectivity index (χ1) is 21.4. The van der Waals surface area contributed by atoms with Crippen LogP contribution in [-0.2, 0) is 28.8 Å². The fourth-order valence-electron chi connectivity index (χ4n) is 4.22. The molecule has 5 amide bonds. The first-order valence-corrected chi connectivity index (χ1v) is 15.5. The van der Waals surface area contributed by atoms with E-state index in [-0.39, 0.29) is 24.7 Å². The van der Waals surface area contributed by atoms with E-state index in [4.69, 9.17) is 27.4 Å². The number of carbonyl (C=O) groups excluding carboxylic acids is 5. The van der Waals surface area contributed by atoms with Crippen molar-refractivity contribution in [3.05, 3.63) is 0 Å². The first-order valence-electron chi connectivity index (χ1n) is 15.5. The van der Waals surface area contributed by atoms with Crippen molar-refractivity contribution in [2.75, 3.05) is 13.2 Å². The zero-order valence-electron chi connectivity index (χ0n) is 28.0. The number of nitrogens with zero attached hydrogens (tertiary/aromatic N) is 1. The van der Waals surface area contributed by atoms with Crippen LogP contribution >= 0.6 is 0 Å². The van der Waals surface area contributed by atoms with Gasteiger partial charge in [0, 0.05) is 6.54 Å². The van der Waals surface area contributed by atoms with Crippen LogP contribution < -0.4 is 43.8 Å². The van der Waals surface area contributed by atoms with Crippen molar-refractivity contribution < 1.29 is 39.0 Å². The summed E-state index contributed by atoms with van der Waals surface area (Å²) in [6.07, 6.45) is 1.46. The molecule has 0 aliphatic rings. The van der Waals surface area contributed by atoms with Crippen molar-refractivity contribution in [3.63, 3.8) is 0 Å². The minimum atomic E-state index is -1.55. The first kappa shape index (κ1) is 42.0. The highest BCUT2D eigenvalue weighted by Gasteiger charge is 2.34. The number of amides is 5. The number of nitrogens with one attached hydrogen (secondary N) is 5. The monoisotopic (exact) mass is 657 g/mol. The molecule has 0 aromatic carbocycles. The average molecular weight is 658 g/mol. The number of aliphatic imine (C=N–C) groups is 1. The Kier molecular flexibility index (Phi) is 19.1. The van der Waals surface area contributed by atoms with E-state index in [2.05, 4.69) is 31.6 Å². The molecule has 17 nitrogen and oxygen atoms in total. The molecular formula is C29H55N9O8. The van der Waals surface area contributed by atoms with E-state index >= 15 is 0 Å². The molecule has 0 spiro atoms. The van der Waals surface area contributed by atoms with E-state index in [1.807, 2.05) is 13.8 Å². The Labute approximate surface area is 270 Å². The average Bonchev–Trinajstić information content (AvgIpc) is 2.97. The predicted molar refractivity (Wildman–Crippen MR) is 172 cm³/mol. The number of carboxylic acid groups (broad SMARTS) is 1. The Morgan fingerprint density at radius 1 is 0.739 bits per heavy atom. The Morgan fingerprint density at radius 2 is 1.28 bits per heavy atom. The number of guanidine groups is 1. The second kappa shape index (κ2) is 20.9. The van der Waals surface area contributed by atoms with Gasteiger partial charge in [-0.15, -0.1) is 0 Å². The van der Waals surface area contributed by atoms with E-state index < -0.39 is 90.2 Å². The summed E-state index contributed by atoms with van der Waals surface area (Å²) in [6, 6.07) is -6.85. The Balaban J connectivity index is 5.71. The molecule has 0 radical (unpaired) electrons. The SMILES string of the molecule is CC[C@H](C)[C@H](NC(=O)[C@@H](NC(=O)[C@H](CC(C)C)NC(=O)[C@@H](N)CCCN=C(N)N)C(C)C)C(=O)N[C@@H](C)C(=O)N[C@@H](CO)C(=O)O. The van der Waals surface area contributed by atoms with E-state index in [0.29, 0.717) is 19.4 Å². The minimum absolute atomic E-state index is 0.00120. The lowest BCUT2D eigenvalue weighted by Gasteiger charge is -2.30. The van der Waals surface area contributed by atoms with E-state index in [1.54, 1.807) is 27.7 Å². The lowest BCUT2D eigenvalue weighted by Crippen LogP contribution is -2.61. The maximum Gasteiger partial charge on any atom is 0.328 e. The molecule has 0 aliphatic carbocycles. The third-order valence-corrected chi connectivity index (χ3v) is 7.23. The summed E-state index contributed by atoms with van der Waals surface area (Å²) in [5.41, 5.74) is 16.6. The van der Waals surface area contributed by atoms with Crippen LogP contribution in [0.3, 0.4) is 0 Å². The highest BCUT2D eigenvalue weighted by molar-refractivity contribution is 5.96. The molecule has 0 unspecified atom stereocenters. The molecule has 7 atom stereocenters. The van der Waals surface area contributed by atoms with Gasteiger partial charge in [0.15, 0.2) is 5.96 Å². The molecule has 0 fully saturated rings. The second-order valence-corrected chi connectivity index (χ2v) is 12.2. The molecule has 17 heteroatoms. The Bertz CT molecular complexity index is 1070. The summed E-state index contributed by atoms with van der Waals surface area (Å²) in [6.45, 7) is 11.5. The summed E-state index contributed by atoms with van der Waals surface area (Å²) >= 11 is 0. The number of hydrogen-bond donors (Lipinski definition) is 10. The van der Waals surface area contributed by atoms with Crippen LogP contribution in [0.25, 0.3) is 0 Å². The molecule has 264 valence electrons. The second-order valence-electron chi connectivity index (χ2n) is 12.2. The maximum atomic E-state index is 13.5. The van der Waals surface area contributed by atoms with Gasteiger partial charge in [-0.05, 0) is 43.9 Å². The molecule has 0 heterocycles. The molecule has 0 aromatic heterocycles. The van der Waals surface area contributed by atoms with Crippen LogP contribution in [0.4, 0.5) is 0 Å². The lowest BCUT2D eigenvalue weighted by atomic mass is 9.95. The number of carbonyl (C=O) groups is 6. The van der Waals surface area contributed by atoms with Crippen molar-refractivity contribution in [1.29, 1.82) is 0 Å². The maximum absolute atomic E-state index is 13.5. The Morgan fingerprint density at radius 3 is 1.76 bits per heavy atom. The number of hydrogen-bond acceptors (Lipinski definition) is 9. The van der Waals surface area contributed by atoms with Crippen molar-refractivity contribution in [1.82, 2.24) is 26.6 Å². The van der Waals surface area contributed by atoms with Gasteiger partial charge >= 0.3 is 5.97 Å². The van der Waals surface area contributed by atoms with Gasteiger partial charge in [-0.3, -0.25) is 29.0 Å². The number of aliphatic hydroxyl groups excluding tert-OH is 1. The highest BCUT2D eigenvalue weighted by Crippen LogP contribution is 2.12. The predicted octanol–water partition coefficient (Wildman–Crippen LogP) is -2.36. The summed E-state index contributed by atoms with van der Waals surface area (Å²) in [5, 5.41) is 30.9. The van der Waals surface area contributed by atoms with Gasteiger partial charge < -0.3 is 54.0 Å². The molecule has 0 saturated heterocycles. The third-order valence-electron chi connectivity index (χ3n) is 7.23.